The van der Waals surface area contributed by atoms with E-state index in [0.29, 0.717) is 15.8 Å². The van der Waals surface area contributed by atoms with Gasteiger partial charge in [0.05, 0.1) is 27.7 Å². The molecule has 1 fully saturated rings. The Balaban J connectivity index is 1.49. The second kappa shape index (κ2) is 8.82. The van der Waals surface area contributed by atoms with Crippen LogP contribution in [0.4, 0.5) is 4.39 Å². The van der Waals surface area contributed by atoms with E-state index in [1.165, 1.54) is 23.9 Å². The molecule has 2 aromatic carbocycles. The van der Waals surface area contributed by atoms with Gasteiger partial charge in [0.2, 0.25) is 0 Å². The van der Waals surface area contributed by atoms with E-state index in [2.05, 4.69) is 0 Å². The molecule has 0 radical (unpaired) electrons. The van der Waals surface area contributed by atoms with Gasteiger partial charge in [0.25, 0.3) is 5.91 Å². The Labute approximate surface area is 198 Å². The molecule has 1 aliphatic rings. The fraction of sp³-hybridized carbons (Fsp3) is 0.0417. The summed E-state index contributed by atoms with van der Waals surface area (Å²) >= 11 is 8.35. The predicted octanol–water partition coefficient (Wildman–Crippen LogP) is 6.14. The largest absolute Gasteiger partial charge is 0.288 e. The van der Waals surface area contributed by atoms with Crippen molar-refractivity contribution in [3.63, 3.8) is 0 Å². The van der Waals surface area contributed by atoms with E-state index in [1.54, 1.807) is 28.4 Å². The highest BCUT2D eigenvalue weighted by Gasteiger charge is 2.32. The minimum absolute atomic E-state index is 0.164. The third-order valence-corrected chi connectivity index (χ3v) is 7.19. The lowest BCUT2D eigenvalue weighted by Gasteiger charge is -2.14. The topological polar surface area (TPSA) is 38.1 Å². The normalized spacial score (nSPS) is 15.2. The van der Waals surface area contributed by atoms with E-state index < -0.39 is 0 Å². The van der Waals surface area contributed by atoms with Crippen LogP contribution in [0, 0.1) is 5.82 Å². The van der Waals surface area contributed by atoms with Crippen molar-refractivity contribution < 1.29 is 9.18 Å². The molecule has 1 aliphatic heterocycles. The van der Waals surface area contributed by atoms with Crippen LogP contribution in [0.2, 0.25) is 0 Å². The van der Waals surface area contributed by atoms with E-state index in [9.17, 15) is 9.18 Å². The van der Waals surface area contributed by atoms with Gasteiger partial charge in [-0.25, -0.2) is 9.07 Å². The molecule has 4 nitrogen and oxygen atoms in total. The third kappa shape index (κ3) is 4.17. The summed E-state index contributed by atoms with van der Waals surface area (Å²) in [7, 11) is 0. The van der Waals surface area contributed by atoms with Gasteiger partial charge in [0.1, 0.15) is 15.8 Å². The Kier molecular flexibility index (Phi) is 5.73. The van der Waals surface area contributed by atoms with Gasteiger partial charge >= 0.3 is 0 Å². The molecule has 1 amide bonds. The van der Waals surface area contributed by atoms with E-state index in [-0.39, 0.29) is 11.7 Å². The summed E-state index contributed by atoms with van der Waals surface area (Å²) in [4.78, 5) is 16.3. The van der Waals surface area contributed by atoms with Gasteiger partial charge in [-0.05, 0) is 53.4 Å². The first-order valence-corrected chi connectivity index (χ1v) is 11.9. The summed E-state index contributed by atoms with van der Waals surface area (Å²) in [5, 5.41) is 6.80. The summed E-state index contributed by atoms with van der Waals surface area (Å²) in [6, 6.07) is 21.9. The van der Waals surface area contributed by atoms with Crippen molar-refractivity contribution >= 4 is 51.6 Å². The van der Waals surface area contributed by atoms with Crippen LogP contribution in [0.3, 0.4) is 0 Å². The number of hydrogen-bond acceptors (Lipinski definition) is 5. The molecule has 5 rings (SSSR count). The monoisotopic (exact) mass is 477 g/mol. The standard InChI is InChI=1S/C24H16FN3OS3/c25-17-10-8-16(9-11-17)15-27-23(29)22(32-24(27)30)14-19-13-20(21-7-4-12-31-21)26-28(19)18-5-2-1-3-6-18/h1-14H,15H2/b22-14-. The zero-order valence-electron chi connectivity index (χ0n) is 16.6. The number of thiophene rings is 1. The summed E-state index contributed by atoms with van der Waals surface area (Å²) in [5.74, 6) is -0.474. The lowest BCUT2D eigenvalue weighted by Crippen LogP contribution is -2.27. The lowest BCUT2D eigenvalue weighted by atomic mass is 10.2. The molecule has 3 heterocycles. The number of para-hydroxylation sites is 1. The number of carbonyl (C=O) groups excluding carboxylic acids is 1. The van der Waals surface area contributed by atoms with Gasteiger partial charge in [-0.15, -0.1) is 11.3 Å². The van der Waals surface area contributed by atoms with Crippen LogP contribution in [0.15, 0.2) is 83.1 Å². The van der Waals surface area contributed by atoms with Crippen LogP contribution < -0.4 is 0 Å². The van der Waals surface area contributed by atoms with Crippen LogP contribution in [-0.4, -0.2) is 24.9 Å². The molecule has 0 saturated carbocycles. The first-order valence-electron chi connectivity index (χ1n) is 9.78. The molecule has 0 spiro atoms. The van der Waals surface area contributed by atoms with E-state index in [1.807, 2.05) is 64.7 Å². The average molecular weight is 478 g/mol. The van der Waals surface area contributed by atoms with Crippen LogP contribution in [-0.2, 0) is 11.3 Å². The molecule has 8 heteroatoms. The number of amides is 1. The zero-order valence-corrected chi connectivity index (χ0v) is 19.1. The molecule has 32 heavy (non-hydrogen) atoms. The minimum atomic E-state index is -0.310. The molecule has 4 aromatic rings. The van der Waals surface area contributed by atoms with Crippen LogP contribution in [0.25, 0.3) is 22.3 Å². The van der Waals surface area contributed by atoms with E-state index in [4.69, 9.17) is 17.3 Å². The van der Waals surface area contributed by atoms with Crippen LogP contribution in [0.1, 0.15) is 11.3 Å². The summed E-state index contributed by atoms with van der Waals surface area (Å²) in [5.41, 5.74) is 3.36. The number of thiocarbonyl (C=S) groups is 1. The second-order valence-corrected chi connectivity index (χ2v) is 9.70. The first-order chi connectivity index (χ1) is 15.6. The highest BCUT2D eigenvalue weighted by molar-refractivity contribution is 8.26. The van der Waals surface area contributed by atoms with Gasteiger partial charge in [-0.3, -0.25) is 9.69 Å². The average Bonchev–Trinajstić information content (AvgIpc) is 3.53. The van der Waals surface area contributed by atoms with Gasteiger partial charge in [-0.2, -0.15) is 5.10 Å². The number of hydrogen-bond donors (Lipinski definition) is 0. The lowest BCUT2D eigenvalue weighted by molar-refractivity contribution is -0.122. The predicted molar refractivity (Wildman–Crippen MR) is 132 cm³/mol. The van der Waals surface area contributed by atoms with Gasteiger partial charge < -0.3 is 0 Å². The molecule has 0 bridgehead atoms. The molecule has 1 saturated heterocycles. The maximum absolute atomic E-state index is 13.2. The van der Waals surface area contributed by atoms with Crippen molar-refractivity contribution in [3.05, 3.63) is 100 Å². The van der Waals surface area contributed by atoms with Crippen molar-refractivity contribution in [1.82, 2.24) is 14.7 Å². The zero-order chi connectivity index (χ0) is 22.1. The molecular weight excluding hydrogens is 461 g/mol. The van der Waals surface area contributed by atoms with E-state index in [0.717, 1.165) is 27.5 Å². The molecular formula is C24H16FN3OS3. The van der Waals surface area contributed by atoms with Crippen LogP contribution >= 0.6 is 35.3 Å². The minimum Gasteiger partial charge on any atom is -0.288 e. The molecule has 158 valence electrons. The Bertz CT molecular complexity index is 1310. The van der Waals surface area contributed by atoms with Crippen molar-refractivity contribution in [1.29, 1.82) is 0 Å². The first kappa shape index (κ1) is 20.8. The van der Waals surface area contributed by atoms with Crippen molar-refractivity contribution in [3.8, 4) is 16.3 Å². The molecule has 0 aliphatic carbocycles. The summed E-state index contributed by atoms with van der Waals surface area (Å²) in [6.45, 7) is 0.306. The quantitative estimate of drug-likeness (QED) is 0.256. The highest BCUT2D eigenvalue weighted by Crippen LogP contribution is 2.35. The van der Waals surface area contributed by atoms with Crippen molar-refractivity contribution in [2.45, 2.75) is 6.54 Å². The van der Waals surface area contributed by atoms with Crippen molar-refractivity contribution in [2.75, 3.05) is 0 Å². The highest BCUT2D eigenvalue weighted by atomic mass is 32.2. The SMILES string of the molecule is O=C1/C(=C/c2cc(-c3cccs3)nn2-c2ccccc2)SC(=S)N1Cc1ccc(F)cc1. The number of thioether (sulfide) groups is 1. The van der Waals surface area contributed by atoms with Gasteiger partial charge in [0.15, 0.2) is 0 Å². The van der Waals surface area contributed by atoms with Crippen LogP contribution in [0.5, 0.6) is 0 Å². The number of aromatic nitrogens is 2. The van der Waals surface area contributed by atoms with Gasteiger partial charge in [-0.1, -0.05) is 60.4 Å². The smallest absolute Gasteiger partial charge is 0.266 e. The summed E-state index contributed by atoms with van der Waals surface area (Å²) in [6.07, 6.45) is 1.83. The third-order valence-electron chi connectivity index (χ3n) is 4.92. The number of halogens is 1. The molecule has 0 N–H and O–H groups in total. The molecule has 0 unspecified atom stereocenters. The Morgan fingerprint density at radius 1 is 1.03 bits per heavy atom. The Hall–Kier alpha value is -3.07. The maximum atomic E-state index is 13.2. The second-order valence-electron chi connectivity index (χ2n) is 7.07. The Morgan fingerprint density at radius 3 is 2.53 bits per heavy atom. The number of carbonyl (C=O) groups is 1. The number of rotatable bonds is 5. The number of nitrogens with zero attached hydrogens (tertiary/aromatic N) is 3. The van der Waals surface area contributed by atoms with Gasteiger partial charge in [0, 0.05) is 0 Å². The summed E-state index contributed by atoms with van der Waals surface area (Å²) < 4.78 is 15.5. The molecule has 0 atom stereocenters. The van der Waals surface area contributed by atoms with Crippen molar-refractivity contribution in [2.24, 2.45) is 0 Å². The Morgan fingerprint density at radius 2 is 1.81 bits per heavy atom. The fourth-order valence-corrected chi connectivity index (χ4v) is 5.28. The number of benzene rings is 2. The maximum Gasteiger partial charge on any atom is 0.266 e. The van der Waals surface area contributed by atoms with E-state index >= 15 is 0 Å². The fourth-order valence-electron chi connectivity index (χ4n) is 3.36. The molecule has 2 aromatic heterocycles.